The molecule has 84 valence electrons. The molecule has 0 saturated carbocycles. The predicted molar refractivity (Wildman–Crippen MR) is 60.4 cm³/mol. The minimum atomic E-state index is -0.0122. The molecule has 0 bridgehead atoms. The van der Waals surface area contributed by atoms with Crippen molar-refractivity contribution >= 4 is 11.6 Å². The molecule has 0 radical (unpaired) electrons. The summed E-state index contributed by atoms with van der Waals surface area (Å²) in [6, 6.07) is 3.75. The van der Waals surface area contributed by atoms with Gasteiger partial charge in [0, 0.05) is 18.4 Å². The fraction of sp³-hybridized carbons (Fsp3) is 0.545. The van der Waals surface area contributed by atoms with Gasteiger partial charge in [0.05, 0.1) is 12.5 Å². The maximum absolute atomic E-state index is 5.77. The average molecular weight is 230 g/mol. The zero-order valence-corrected chi connectivity index (χ0v) is 9.83. The minimum absolute atomic E-state index is 0.0122. The summed E-state index contributed by atoms with van der Waals surface area (Å²) >= 11 is 5.77. The van der Waals surface area contributed by atoms with Crippen LogP contribution in [0.25, 0.3) is 0 Å². The van der Waals surface area contributed by atoms with Crippen molar-refractivity contribution in [3.63, 3.8) is 0 Å². The van der Waals surface area contributed by atoms with Gasteiger partial charge in [0.25, 0.3) is 0 Å². The molecule has 15 heavy (non-hydrogen) atoms. The van der Waals surface area contributed by atoms with Gasteiger partial charge in [-0.15, -0.1) is 11.6 Å². The van der Waals surface area contributed by atoms with Crippen LogP contribution >= 0.6 is 11.6 Å². The second-order valence-corrected chi connectivity index (χ2v) is 3.46. The SMILES string of the molecule is CCOCC(C)Oc1ncccc1CCl. The molecular weight excluding hydrogens is 214 g/mol. The number of halogens is 1. The molecule has 1 heterocycles. The quantitative estimate of drug-likeness (QED) is 0.703. The number of ether oxygens (including phenoxy) is 2. The smallest absolute Gasteiger partial charge is 0.218 e. The van der Waals surface area contributed by atoms with E-state index < -0.39 is 0 Å². The molecule has 1 aromatic rings. The summed E-state index contributed by atoms with van der Waals surface area (Å²) in [5.41, 5.74) is 0.905. The van der Waals surface area contributed by atoms with Gasteiger partial charge < -0.3 is 9.47 Å². The third kappa shape index (κ3) is 4.06. The molecule has 0 spiro atoms. The summed E-state index contributed by atoms with van der Waals surface area (Å²) in [6.45, 7) is 5.16. The maximum Gasteiger partial charge on any atom is 0.218 e. The van der Waals surface area contributed by atoms with Crippen molar-refractivity contribution < 1.29 is 9.47 Å². The van der Waals surface area contributed by atoms with Crippen molar-refractivity contribution in [3.05, 3.63) is 23.9 Å². The van der Waals surface area contributed by atoms with Gasteiger partial charge in [0.1, 0.15) is 6.10 Å². The molecular formula is C11H16ClNO2. The van der Waals surface area contributed by atoms with E-state index in [0.29, 0.717) is 25.0 Å². The van der Waals surface area contributed by atoms with Gasteiger partial charge in [-0.1, -0.05) is 6.07 Å². The number of pyridine rings is 1. The van der Waals surface area contributed by atoms with Crippen LogP contribution in [0.3, 0.4) is 0 Å². The Balaban J connectivity index is 2.55. The summed E-state index contributed by atoms with van der Waals surface area (Å²) in [6.07, 6.45) is 1.68. The van der Waals surface area contributed by atoms with Crippen LogP contribution < -0.4 is 4.74 Å². The van der Waals surface area contributed by atoms with E-state index in [4.69, 9.17) is 21.1 Å². The minimum Gasteiger partial charge on any atom is -0.472 e. The molecule has 0 amide bonds. The first-order chi connectivity index (χ1) is 7.27. The third-order valence-corrected chi connectivity index (χ3v) is 2.15. The van der Waals surface area contributed by atoms with E-state index in [-0.39, 0.29) is 6.10 Å². The fourth-order valence-corrected chi connectivity index (χ4v) is 1.34. The molecule has 3 nitrogen and oxygen atoms in total. The van der Waals surface area contributed by atoms with E-state index in [0.717, 1.165) is 5.56 Å². The molecule has 4 heteroatoms. The molecule has 0 saturated heterocycles. The van der Waals surface area contributed by atoms with Gasteiger partial charge in [0.2, 0.25) is 5.88 Å². The normalized spacial score (nSPS) is 12.5. The lowest BCUT2D eigenvalue weighted by Crippen LogP contribution is -2.20. The van der Waals surface area contributed by atoms with Gasteiger partial charge in [0.15, 0.2) is 0 Å². The van der Waals surface area contributed by atoms with E-state index >= 15 is 0 Å². The highest BCUT2D eigenvalue weighted by molar-refractivity contribution is 6.17. The molecule has 0 aromatic carbocycles. The molecule has 1 aromatic heterocycles. The van der Waals surface area contributed by atoms with Gasteiger partial charge in [-0.2, -0.15) is 0 Å². The number of hydrogen-bond acceptors (Lipinski definition) is 3. The van der Waals surface area contributed by atoms with E-state index in [1.54, 1.807) is 6.20 Å². The van der Waals surface area contributed by atoms with Crippen LogP contribution in [0.4, 0.5) is 0 Å². The molecule has 0 N–H and O–H groups in total. The van der Waals surface area contributed by atoms with Crippen LogP contribution in [0.1, 0.15) is 19.4 Å². The average Bonchev–Trinajstić information content (AvgIpc) is 2.27. The van der Waals surface area contributed by atoms with Crippen molar-refractivity contribution in [1.82, 2.24) is 4.98 Å². The number of aromatic nitrogens is 1. The van der Waals surface area contributed by atoms with Gasteiger partial charge >= 0.3 is 0 Å². The summed E-state index contributed by atoms with van der Waals surface area (Å²) in [5, 5.41) is 0. The Morgan fingerprint density at radius 3 is 3.00 bits per heavy atom. The van der Waals surface area contributed by atoms with Gasteiger partial charge in [-0.25, -0.2) is 4.98 Å². The number of rotatable bonds is 6. The highest BCUT2D eigenvalue weighted by Gasteiger charge is 2.08. The molecule has 1 unspecified atom stereocenters. The van der Waals surface area contributed by atoms with Crippen LogP contribution in [0.2, 0.25) is 0 Å². The highest BCUT2D eigenvalue weighted by atomic mass is 35.5. The second-order valence-electron chi connectivity index (χ2n) is 3.19. The van der Waals surface area contributed by atoms with Crippen molar-refractivity contribution in [2.24, 2.45) is 0 Å². The Bertz CT molecular complexity index is 294. The standard InChI is InChI=1S/C11H16ClNO2/c1-3-14-8-9(2)15-11-10(7-12)5-4-6-13-11/h4-6,9H,3,7-8H2,1-2H3. The Kier molecular flexibility index (Phi) is 5.43. The van der Waals surface area contributed by atoms with Crippen molar-refractivity contribution in [2.75, 3.05) is 13.2 Å². The number of alkyl halides is 1. The second kappa shape index (κ2) is 6.64. The fourth-order valence-electron chi connectivity index (χ4n) is 1.14. The molecule has 1 rings (SSSR count). The maximum atomic E-state index is 5.77. The van der Waals surface area contributed by atoms with Crippen LogP contribution in [0, 0.1) is 0 Å². The zero-order valence-electron chi connectivity index (χ0n) is 9.07. The van der Waals surface area contributed by atoms with Gasteiger partial charge in [-0.3, -0.25) is 0 Å². The number of hydrogen-bond donors (Lipinski definition) is 0. The van der Waals surface area contributed by atoms with Crippen LogP contribution in [0.15, 0.2) is 18.3 Å². The summed E-state index contributed by atoms with van der Waals surface area (Å²) in [7, 11) is 0. The first-order valence-corrected chi connectivity index (χ1v) is 5.55. The largest absolute Gasteiger partial charge is 0.472 e. The van der Waals surface area contributed by atoms with E-state index in [1.165, 1.54) is 0 Å². The predicted octanol–water partition coefficient (Wildman–Crippen LogP) is 2.62. The number of nitrogens with zero attached hydrogens (tertiary/aromatic N) is 1. The lowest BCUT2D eigenvalue weighted by molar-refractivity contribution is 0.0629. The van der Waals surface area contributed by atoms with Crippen LogP contribution in [-0.2, 0) is 10.6 Å². The first kappa shape index (κ1) is 12.3. The Morgan fingerprint density at radius 1 is 1.53 bits per heavy atom. The first-order valence-electron chi connectivity index (χ1n) is 5.02. The lowest BCUT2D eigenvalue weighted by Gasteiger charge is -2.15. The molecule has 0 aliphatic heterocycles. The third-order valence-electron chi connectivity index (χ3n) is 1.86. The van der Waals surface area contributed by atoms with Crippen LogP contribution in [-0.4, -0.2) is 24.3 Å². The summed E-state index contributed by atoms with van der Waals surface area (Å²) in [4.78, 5) is 4.14. The summed E-state index contributed by atoms with van der Waals surface area (Å²) in [5.74, 6) is 1.00. The lowest BCUT2D eigenvalue weighted by atomic mass is 10.3. The van der Waals surface area contributed by atoms with Crippen LogP contribution in [0.5, 0.6) is 5.88 Å². The van der Waals surface area contributed by atoms with Crippen molar-refractivity contribution in [2.45, 2.75) is 25.8 Å². The monoisotopic (exact) mass is 229 g/mol. The van der Waals surface area contributed by atoms with Gasteiger partial charge in [-0.05, 0) is 19.9 Å². The molecule has 0 aliphatic rings. The summed E-state index contributed by atoms with van der Waals surface area (Å²) < 4.78 is 10.9. The molecule has 1 atom stereocenters. The van der Waals surface area contributed by atoms with E-state index in [2.05, 4.69) is 4.98 Å². The highest BCUT2D eigenvalue weighted by Crippen LogP contribution is 2.17. The Morgan fingerprint density at radius 2 is 2.33 bits per heavy atom. The van der Waals surface area contributed by atoms with E-state index in [1.807, 2.05) is 26.0 Å². The zero-order chi connectivity index (χ0) is 11.1. The molecule has 0 aliphatic carbocycles. The molecule has 0 fully saturated rings. The van der Waals surface area contributed by atoms with E-state index in [9.17, 15) is 0 Å². The van der Waals surface area contributed by atoms with Crippen molar-refractivity contribution in [1.29, 1.82) is 0 Å². The Labute approximate surface area is 95.4 Å². The van der Waals surface area contributed by atoms with Crippen molar-refractivity contribution in [3.8, 4) is 5.88 Å². The Hall–Kier alpha value is -0.800. The topological polar surface area (TPSA) is 31.4 Å².